The minimum Gasteiger partial charge on any atom is -0.379 e. The molecule has 0 saturated carbocycles. The van der Waals surface area contributed by atoms with E-state index in [0.717, 1.165) is 56.7 Å². The van der Waals surface area contributed by atoms with Crippen LogP contribution >= 0.6 is 0 Å². The fourth-order valence-electron chi connectivity index (χ4n) is 2.90. The van der Waals surface area contributed by atoms with Crippen molar-refractivity contribution in [3.63, 3.8) is 0 Å². The Morgan fingerprint density at radius 2 is 2.04 bits per heavy atom. The van der Waals surface area contributed by atoms with Gasteiger partial charge in [0, 0.05) is 52.0 Å². The smallest absolute Gasteiger partial charge is 0.191 e. The van der Waals surface area contributed by atoms with Crippen LogP contribution in [0.1, 0.15) is 26.3 Å². The molecule has 0 spiro atoms. The van der Waals surface area contributed by atoms with Crippen molar-refractivity contribution in [1.29, 1.82) is 0 Å². The number of morpholine rings is 1. The molecule has 0 unspecified atom stereocenters. The van der Waals surface area contributed by atoms with Crippen LogP contribution in [0.2, 0.25) is 0 Å². The largest absolute Gasteiger partial charge is 0.379 e. The summed E-state index contributed by atoms with van der Waals surface area (Å²) in [7, 11) is 3.99. The first kappa shape index (κ1) is 20.5. The van der Waals surface area contributed by atoms with Gasteiger partial charge in [0.05, 0.1) is 19.8 Å². The number of nitrogens with zero attached hydrogens (tertiary/aromatic N) is 4. The number of aliphatic imine (C=N–C) groups is 1. The monoisotopic (exact) mass is 362 g/mol. The summed E-state index contributed by atoms with van der Waals surface area (Å²) in [6, 6.07) is 4.09. The Kier molecular flexibility index (Phi) is 7.66. The molecule has 0 aliphatic carbocycles. The van der Waals surface area contributed by atoms with Gasteiger partial charge in [-0.05, 0) is 38.5 Å². The summed E-state index contributed by atoms with van der Waals surface area (Å²) in [4.78, 5) is 13.6. The zero-order chi connectivity index (χ0) is 19.0. The first-order valence-corrected chi connectivity index (χ1v) is 9.39. The molecule has 1 saturated heterocycles. The number of hydrogen-bond donors (Lipinski definition) is 2. The molecule has 0 radical (unpaired) electrons. The molecule has 146 valence electrons. The summed E-state index contributed by atoms with van der Waals surface area (Å²) in [5, 5.41) is 6.83. The fraction of sp³-hybridized carbons (Fsp3) is 0.684. The maximum Gasteiger partial charge on any atom is 0.191 e. The van der Waals surface area contributed by atoms with Crippen LogP contribution in [0.25, 0.3) is 0 Å². The summed E-state index contributed by atoms with van der Waals surface area (Å²) in [5.41, 5.74) is 1.20. The number of pyridine rings is 1. The van der Waals surface area contributed by atoms with Crippen molar-refractivity contribution < 1.29 is 4.74 Å². The lowest BCUT2D eigenvalue weighted by Crippen LogP contribution is -2.56. The van der Waals surface area contributed by atoms with Crippen LogP contribution in [-0.4, -0.2) is 74.9 Å². The number of hydrogen-bond acceptors (Lipinski definition) is 5. The summed E-state index contributed by atoms with van der Waals surface area (Å²) in [6.07, 6.45) is 1.84. The molecule has 7 heteroatoms. The second-order valence-corrected chi connectivity index (χ2v) is 7.38. The first-order valence-electron chi connectivity index (χ1n) is 9.39. The third-order valence-electron chi connectivity index (χ3n) is 4.59. The minimum atomic E-state index is 0.0503. The Labute approximate surface area is 157 Å². The predicted octanol–water partition coefficient (Wildman–Crippen LogP) is 1.31. The van der Waals surface area contributed by atoms with Gasteiger partial charge in [0.25, 0.3) is 0 Å². The van der Waals surface area contributed by atoms with Gasteiger partial charge in [-0.2, -0.15) is 0 Å². The Hall–Kier alpha value is -1.86. The Morgan fingerprint density at radius 3 is 2.69 bits per heavy atom. The van der Waals surface area contributed by atoms with Crippen molar-refractivity contribution in [3.8, 4) is 0 Å². The molecular formula is C19H34N6O. The maximum absolute atomic E-state index is 5.47. The van der Waals surface area contributed by atoms with Crippen molar-refractivity contribution in [3.05, 3.63) is 23.9 Å². The van der Waals surface area contributed by atoms with Crippen LogP contribution in [0, 0.1) is 0 Å². The molecule has 0 amide bonds. The van der Waals surface area contributed by atoms with E-state index in [1.54, 1.807) is 0 Å². The lowest BCUT2D eigenvalue weighted by molar-refractivity contribution is -0.00834. The van der Waals surface area contributed by atoms with Gasteiger partial charge in [-0.3, -0.25) is 4.90 Å². The molecule has 1 aliphatic rings. The molecule has 0 atom stereocenters. The zero-order valence-electron chi connectivity index (χ0n) is 16.9. The standard InChI is InChI=1S/C19H34N6O/c1-6-20-18(22-14-16-7-8-21-17(13-16)24(4)5)23-15-19(2,3)25-9-11-26-12-10-25/h7-8,13H,6,9-12,14-15H2,1-5H3,(H2,20,22,23). The van der Waals surface area contributed by atoms with E-state index in [-0.39, 0.29) is 5.54 Å². The van der Waals surface area contributed by atoms with E-state index in [1.807, 2.05) is 31.3 Å². The third kappa shape index (κ3) is 6.14. The zero-order valence-corrected chi connectivity index (χ0v) is 16.9. The molecule has 2 N–H and O–H groups in total. The van der Waals surface area contributed by atoms with E-state index in [2.05, 4.69) is 47.4 Å². The van der Waals surface area contributed by atoms with Crippen molar-refractivity contribution in [1.82, 2.24) is 20.5 Å². The van der Waals surface area contributed by atoms with Gasteiger partial charge in [0.1, 0.15) is 5.82 Å². The van der Waals surface area contributed by atoms with Crippen molar-refractivity contribution in [2.45, 2.75) is 32.9 Å². The number of ether oxygens (including phenoxy) is 1. The normalized spacial score (nSPS) is 16.4. The van der Waals surface area contributed by atoms with Gasteiger partial charge < -0.3 is 20.3 Å². The molecule has 0 bridgehead atoms. The predicted molar refractivity (Wildman–Crippen MR) is 108 cm³/mol. The average molecular weight is 363 g/mol. The summed E-state index contributed by atoms with van der Waals surface area (Å²) in [5.74, 6) is 1.79. The number of nitrogens with one attached hydrogen (secondary N) is 2. The number of rotatable bonds is 7. The number of aromatic nitrogens is 1. The second kappa shape index (κ2) is 9.73. The third-order valence-corrected chi connectivity index (χ3v) is 4.59. The highest BCUT2D eigenvalue weighted by atomic mass is 16.5. The van der Waals surface area contributed by atoms with E-state index in [0.29, 0.717) is 6.54 Å². The second-order valence-electron chi connectivity index (χ2n) is 7.38. The van der Waals surface area contributed by atoms with Crippen LogP contribution in [0.15, 0.2) is 23.3 Å². The van der Waals surface area contributed by atoms with E-state index < -0.39 is 0 Å². The number of guanidine groups is 1. The highest BCUT2D eigenvalue weighted by Crippen LogP contribution is 2.15. The topological polar surface area (TPSA) is 65.0 Å². The highest BCUT2D eigenvalue weighted by Gasteiger charge is 2.28. The number of anilines is 1. The van der Waals surface area contributed by atoms with Crippen molar-refractivity contribution in [2.75, 3.05) is 58.4 Å². The molecular weight excluding hydrogens is 328 g/mol. The maximum atomic E-state index is 5.47. The van der Waals surface area contributed by atoms with Crippen LogP contribution in [0.5, 0.6) is 0 Å². The first-order chi connectivity index (χ1) is 12.4. The summed E-state index contributed by atoms with van der Waals surface area (Å²) < 4.78 is 5.47. The van der Waals surface area contributed by atoms with Gasteiger partial charge in [0.15, 0.2) is 5.96 Å². The van der Waals surface area contributed by atoms with Gasteiger partial charge >= 0.3 is 0 Å². The van der Waals surface area contributed by atoms with Crippen LogP contribution in [0.3, 0.4) is 0 Å². The lowest BCUT2D eigenvalue weighted by atomic mass is 10.0. The van der Waals surface area contributed by atoms with E-state index in [4.69, 9.17) is 9.73 Å². The van der Waals surface area contributed by atoms with Crippen molar-refractivity contribution >= 4 is 11.8 Å². The summed E-state index contributed by atoms with van der Waals surface area (Å²) in [6.45, 7) is 12.5. The van der Waals surface area contributed by atoms with Crippen LogP contribution < -0.4 is 15.5 Å². The van der Waals surface area contributed by atoms with Gasteiger partial charge in [0.2, 0.25) is 0 Å². The molecule has 7 nitrogen and oxygen atoms in total. The molecule has 0 aromatic carbocycles. The van der Waals surface area contributed by atoms with Crippen molar-refractivity contribution in [2.24, 2.45) is 4.99 Å². The fourth-order valence-corrected chi connectivity index (χ4v) is 2.90. The molecule has 2 rings (SSSR count). The summed E-state index contributed by atoms with van der Waals surface area (Å²) >= 11 is 0. The Morgan fingerprint density at radius 1 is 1.31 bits per heavy atom. The van der Waals surface area contributed by atoms with E-state index >= 15 is 0 Å². The van der Waals surface area contributed by atoms with Gasteiger partial charge in [-0.25, -0.2) is 9.98 Å². The minimum absolute atomic E-state index is 0.0503. The Balaban J connectivity index is 1.96. The van der Waals surface area contributed by atoms with E-state index in [9.17, 15) is 0 Å². The Bertz CT molecular complexity index is 581. The molecule has 1 fully saturated rings. The highest BCUT2D eigenvalue weighted by molar-refractivity contribution is 5.79. The molecule has 1 aromatic heterocycles. The van der Waals surface area contributed by atoms with E-state index in [1.165, 1.54) is 0 Å². The van der Waals surface area contributed by atoms with Gasteiger partial charge in [-0.1, -0.05) is 0 Å². The average Bonchev–Trinajstić information content (AvgIpc) is 2.65. The van der Waals surface area contributed by atoms with Crippen LogP contribution in [-0.2, 0) is 11.3 Å². The molecule has 1 aliphatic heterocycles. The van der Waals surface area contributed by atoms with Gasteiger partial charge in [-0.15, -0.1) is 0 Å². The SMILES string of the molecule is CCNC(=NCc1ccnc(N(C)C)c1)NCC(C)(C)N1CCOCC1. The molecule has 2 heterocycles. The van der Waals surface area contributed by atoms with Crippen LogP contribution in [0.4, 0.5) is 5.82 Å². The molecule has 26 heavy (non-hydrogen) atoms. The lowest BCUT2D eigenvalue weighted by Gasteiger charge is -2.41. The molecule has 1 aromatic rings. The quantitative estimate of drug-likeness (QED) is 0.563.